The van der Waals surface area contributed by atoms with E-state index in [2.05, 4.69) is 40.5 Å². The predicted molar refractivity (Wildman–Crippen MR) is 97.0 cm³/mol. The topological polar surface area (TPSA) is 44.7 Å². The van der Waals surface area contributed by atoms with Crippen molar-refractivity contribution in [2.75, 3.05) is 39.4 Å². The Morgan fingerprint density at radius 2 is 1.79 bits per heavy atom. The first-order chi connectivity index (χ1) is 11.8. The van der Waals surface area contributed by atoms with Crippen LogP contribution in [0.25, 0.3) is 0 Å². The molecule has 1 heterocycles. The van der Waals surface area contributed by atoms with E-state index < -0.39 is 0 Å². The van der Waals surface area contributed by atoms with Gasteiger partial charge in [0.25, 0.3) is 0 Å². The lowest BCUT2D eigenvalue weighted by molar-refractivity contribution is 0.0139. The van der Waals surface area contributed by atoms with Gasteiger partial charge in [0.05, 0.1) is 19.3 Å². The number of benzene rings is 1. The van der Waals surface area contributed by atoms with E-state index in [0.29, 0.717) is 18.5 Å². The van der Waals surface area contributed by atoms with Crippen molar-refractivity contribution in [2.45, 2.75) is 44.2 Å². The van der Waals surface area contributed by atoms with Gasteiger partial charge in [0.15, 0.2) is 0 Å². The molecule has 0 aromatic heterocycles. The molecule has 0 spiro atoms. The molecule has 0 bridgehead atoms. The highest BCUT2D eigenvalue weighted by atomic mass is 16.5. The van der Waals surface area contributed by atoms with Crippen LogP contribution in [0, 0.1) is 5.92 Å². The van der Waals surface area contributed by atoms with Gasteiger partial charge >= 0.3 is 0 Å². The van der Waals surface area contributed by atoms with Crippen LogP contribution in [0.5, 0.6) is 0 Å². The molecule has 134 valence electrons. The van der Waals surface area contributed by atoms with Crippen LogP contribution in [0.4, 0.5) is 0 Å². The number of nitrogens with one attached hydrogen (secondary N) is 1. The van der Waals surface area contributed by atoms with E-state index in [0.717, 1.165) is 32.8 Å². The predicted octanol–water partition coefficient (Wildman–Crippen LogP) is 2.59. The van der Waals surface area contributed by atoms with E-state index >= 15 is 0 Å². The van der Waals surface area contributed by atoms with Gasteiger partial charge in [0, 0.05) is 32.2 Å². The lowest BCUT2D eigenvalue weighted by atomic mass is 9.81. The van der Waals surface area contributed by atoms with Gasteiger partial charge < -0.3 is 15.2 Å². The van der Waals surface area contributed by atoms with Gasteiger partial charge in [-0.05, 0) is 24.3 Å². The summed E-state index contributed by atoms with van der Waals surface area (Å²) >= 11 is 0. The number of β-amino-alcohol motifs (C(OH)–C–C–N with tert-alkyl or cyclic N) is 1. The van der Waals surface area contributed by atoms with Crippen LogP contribution in [0.3, 0.4) is 0 Å². The van der Waals surface area contributed by atoms with Crippen molar-refractivity contribution in [1.82, 2.24) is 10.2 Å². The van der Waals surface area contributed by atoms with Gasteiger partial charge in [0.2, 0.25) is 0 Å². The largest absolute Gasteiger partial charge is 0.390 e. The van der Waals surface area contributed by atoms with Gasteiger partial charge in [-0.3, -0.25) is 4.90 Å². The van der Waals surface area contributed by atoms with E-state index in [-0.39, 0.29) is 6.10 Å². The molecule has 1 aliphatic carbocycles. The van der Waals surface area contributed by atoms with Crippen LogP contribution in [0.1, 0.15) is 43.7 Å². The second-order valence-electron chi connectivity index (χ2n) is 7.26. The third-order valence-corrected chi connectivity index (χ3v) is 5.43. The first-order valence-electron chi connectivity index (χ1n) is 9.59. The molecule has 0 amide bonds. The fourth-order valence-corrected chi connectivity index (χ4v) is 4.09. The molecule has 2 N–H and O–H groups in total. The zero-order chi connectivity index (χ0) is 16.6. The Morgan fingerprint density at radius 1 is 1.08 bits per heavy atom. The molecule has 2 fully saturated rings. The number of morpholine rings is 1. The molecule has 24 heavy (non-hydrogen) atoms. The van der Waals surface area contributed by atoms with E-state index in [1.54, 1.807) is 0 Å². The molecule has 1 aliphatic heterocycles. The lowest BCUT2D eigenvalue weighted by Gasteiger charge is -2.33. The molecule has 1 aromatic rings. The van der Waals surface area contributed by atoms with E-state index in [9.17, 15) is 5.11 Å². The van der Waals surface area contributed by atoms with E-state index in [1.807, 2.05) is 0 Å². The number of ether oxygens (including phenoxy) is 1. The molecule has 2 aliphatic rings. The van der Waals surface area contributed by atoms with Crippen LogP contribution >= 0.6 is 0 Å². The van der Waals surface area contributed by atoms with Gasteiger partial charge in [-0.15, -0.1) is 0 Å². The number of hydrogen-bond donors (Lipinski definition) is 2. The minimum absolute atomic E-state index is 0.321. The lowest BCUT2D eigenvalue weighted by Crippen LogP contribution is -2.44. The van der Waals surface area contributed by atoms with E-state index in [1.165, 1.54) is 37.7 Å². The molecule has 4 nitrogen and oxygen atoms in total. The number of hydrogen-bond acceptors (Lipinski definition) is 4. The second-order valence-corrected chi connectivity index (χ2v) is 7.26. The van der Waals surface area contributed by atoms with Gasteiger partial charge in [0.1, 0.15) is 0 Å². The van der Waals surface area contributed by atoms with Crippen molar-refractivity contribution in [2.24, 2.45) is 5.92 Å². The highest BCUT2D eigenvalue weighted by Crippen LogP contribution is 2.34. The van der Waals surface area contributed by atoms with E-state index in [4.69, 9.17) is 4.74 Å². The quantitative estimate of drug-likeness (QED) is 0.806. The first-order valence-corrected chi connectivity index (χ1v) is 9.59. The Balaban J connectivity index is 1.55. The van der Waals surface area contributed by atoms with Crippen molar-refractivity contribution in [3.63, 3.8) is 0 Å². The average Bonchev–Trinajstić information content (AvgIpc) is 2.64. The monoisotopic (exact) mass is 332 g/mol. The summed E-state index contributed by atoms with van der Waals surface area (Å²) in [7, 11) is 0. The summed E-state index contributed by atoms with van der Waals surface area (Å²) < 4.78 is 5.38. The maximum absolute atomic E-state index is 10.5. The van der Waals surface area contributed by atoms with Crippen molar-refractivity contribution in [3.8, 4) is 0 Å². The number of rotatable bonds is 7. The summed E-state index contributed by atoms with van der Waals surface area (Å²) in [6, 6.07) is 11.1. The summed E-state index contributed by atoms with van der Waals surface area (Å²) in [6.07, 6.45) is 6.33. The number of nitrogens with zero attached hydrogens (tertiary/aromatic N) is 1. The SMILES string of the molecule is OC(CNC(c1ccccc1)C1CCCCC1)CN1CCOCC1. The highest BCUT2D eigenvalue weighted by Gasteiger charge is 2.25. The smallest absolute Gasteiger partial charge is 0.0791 e. The van der Waals surface area contributed by atoms with Crippen molar-refractivity contribution < 1.29 is 9.84 Å². The third kappa shape index (κ3) is 5.28. The second kappa shape index (κ2) is 9.52. The standard InChI is InChI=1S/C20H32N2O2/c23-19(16-22-11-13-24-14-12-22)15-21-20(17-7-3-1-4-8-17)18-9-5-2-6-10-18/h1,3-4,7-8,18-21,23H,2,5-6,9-16H2. The number of aliphatic hydroxyl groups is 1. The number of aliphatic hydroxyl groups excluding tert-OH is 1. The normalized spacial score (nSPS) is 23.0. The molecule has 3 rings (SSSR count). The molecule has 1 aromatic carbocycles. The Labute approximate surface area is 146 Å². The van der Waals surface area contributed by atoms with Crippen molar-refractivity contribution >= 4 is 0 Å². The summed E-state index contributed by atoms with van der Waals surface area (Å²) in [5, 5.41) is 14.1. The minimum atomic E-state index is -0.321. The fraction of sp³-hybridized carbons (Fsp3) is 0.700. The Hall–Kier alpha value is -0.940. The van der Waals surface area contributed by atoms with Gasteiger partial charge in [-0.25, -0.2) is 0 Å². The minimum Gasteiger partial charge on any atom is -0.390 e. The highest BCUT2D eigenvalue weighted by molar-refractivity contribution is 5.20. The van der Waals surface area contributed by atoms with Crippen LogP contribution in [0.15, 0.2) is 30.3 Å². The Kier molecular flexibility index (Phi) is 7.09. The molecule has 2 atom stereocenters. The first kappa shape index (κ1) is 17.9. The summed E-state index contributed by atoms with van der Waals surface area (Å²) in [5.41, 5.74) is 1.36. The van der Waals surface area contributed by atoms with Gasteiger partial charge in [-0.1, -0.05) is 49.6 Å². The zero-order valence-electron chi connectivity index (χ0n) is 14.7. The molecule has 0 radical (unpaired) electrons. The fourth-order valence-electron chi connectivity index (χ4n) is 4.09. The Morgan fingerprint density at radius 3 is 2.50 bits per heavy atom. The van der Waals surface area contributed by atoms with Crippen LogP contribution in [0.2, 0.25) is 0 Å². The maximum Gasteiger partial charge on any atom is 0.0791 e. The average molecular weight is 332 g/mol. The Bertz CT molecular complexity index is 456. The summed E-state index contributed by atoms with van der Waals surface area (Å²) in [6.45, 7) is 4.84. The van der Waals surface area contributed by atoms with Crippen LogP contribution in [-0.2, 0) is 4.74 Å². The van der Waals surface area contributed by atoms with Crippen molar-refractivity contribution in [3.05, 3.63) is 35.9 Å². The molecule has 1 saturated carbocycles. The summed E-state index contributed by atoms with van der Waals surface area (Å²) in [5.74, 6) is 0.691. The van der Waals surface area contributed by atoms with Crippen LogP contribution < -0.4 is 5.32 Å². The molecular weight excluding hydrogens is 300 g/mol. The van der Waals surface area contributed by atoms with Crippen molar-refractivity contribution in [1.29, 1.82) is 0 Å². The van der Waals surface area contributed by atoms with Gasteiger partial charge in [-0.2, -0.15) is 0 Å². The zero-order valence-corrected chi connectivity index (χ0v) is 14.7. The molecule has 2 unspecified atom stereocenters. The molecule has 1 saturated heterocycles. The van der Waals surface area contributed by atoms with Crippen LogP contribution in [-0.4, -0.2) is 55.5 Å². The molecular formula is C20H32N2O2. The maximum atomic E-state index is 10.5. The molecule has 4 heteroatoms. The third-order valence-electron chi connectivity index (χ3n) is 5.43. The summed E-state index contributed by atoms with van der Waals surface area (Å²) in [4.78, 5) is 2.30.